The fourth-order valence-corrected chi connectivity index (χ4v) is 1.39. The molecule has 0 aliphatic carbocycles. The highest BCUT2D eigenvalue weighted by molar-refractivity contribution is 7.71. The molecule has 2 aromatic heterocycles. The number of pyridine rings is 1. The number of para-hydroxylation sites is 1. The molecule has 8 heteroatoms. The van der Waals surface area contributed by atoms with E-state index < -0.39 is 5.56 Å². The van der Waals surface area contributed by atoms with Crippen LogP contribution in [0.5, 0.6) is 5.75 Å². The molecule has 2 heterocycles. The van der Waals surface area contributed by atoms with E-state index in [1.54, 1.807) is 6.07 Å². The maximum atomic E-state index is 10.9. The lowest BCUT2D eigenvalue weighted by molar-refractivity contribution is 0.468. The quantitative estimate of drug-likeness (QED) is 0.454. The number of tetrazole rings is 1. The molecule has 3 rings (SSSR count). The van der Waals surface area contributed by atoms with Crippen LogP contribution in [0.15, 0.2) is 35.1 Å². The summed E-state index contributed by atoms with van der Waals surface area (Å²) < 4.78 is 0.384. The van der Waals surface area contributed by atoms with Crippen LogP contribution in [0.3, 0.4) is 0 Å². The fourth-order valence-electron chi connectivity index (χ4n) is 1.30. The van der Waals surface area contributed by atoms with Crippen molar-refractivity contribution in [3.63, 3.8) is 0 Å². The number of rotatable bonds is 0. The second kappa shape index (κ2) is 5.23. The average molecular weight is 263 g/mol. The number of nitrogens with zero attached hydrogens (tertiary/aromatic N) is 2. The first-order chi connectivity index (χ1) is 8.66. The lowest BCUT2D eigenvalue weighted by Gasteiger charge is -1.96. The van der Waals surface area contributed by atoms with Crippen molar-refractivity contribution in [2.45, 2.75) is 0 Å². The van der Waals surface area contributed by atoms with Gasteiger partial charge in [-0.1, -0.05) is 28.5 Å². The Morgan fingerprint density at radius 2 is 2.06 bits per heavy atom. The number of hydrogen-bond acceptors (Lipinski definition) is 5. The molecule has 0 fully saturated rings. The summed E-state index contributed by atoms with van der Waals surface area (Å²) >= 11 is 4.48. The Morgan fingerprint density at radius 1 is 1.28 bits per heavy atom. The highest BCUT2D eigenvalue weighted by Gasteiger charge is 1.97. The van der Waals surface area contributed by atoms with E-state index >= 15 is 0 Å². The number of nitrogens with one attached hydrogen (secondary N) is 3. The van der Waals surface area contributed by atoms with Gasteiger partial charge in [-0.15, -0.1) is 0 Å². The summed E-state index contributed by atoms with van der Waals surface area (Å²) in [5.74, 6) is -0.242. The predicted molar refractivity (Wildman–Crippen MR) is 67.8 cm³/mol. The molecule has 0 amide bonds. The second-order valence-corrected chi connectivity index (χ2v) is 3.70. The summed E-state index contributed by atoms with van der Waals surface area (Å²) in [5, 5.41) is 21.4. The molecule has 1 aromatic carbocycles. The van der Waals surface area contributed by atoms with E-state index in [0.717, 1.165) is 10.9 Å². The van der Waals surface area contributed by atoms with E-state index in [2.05, 4.69) is 37.8 Å². The summed E-state index contributed by atoms with van der Waals surface area (Å²) in [6.07, 6.45) is 0. The maximum Gasteiger partial charge on any atom is 0.290 e. The van der Waals surface area contributed by atoms with Crippen molar-refractivity contribution in [1.82, 2.24) is 25.6 Å². The first-order valence-corrected chi connectivity index (χ1v) is 5.34. The molecular formula is C10H9N5O2S. The van der Waals surface area contributed by atoms with Crippen LogP contribution in [0.4, 0.5) is 0 Å². The van der Waals surface area contributed by atoms with Crippen LogP contribution in [0, 0.1) is 4.77 Å². The summed E-state index contributed by atoms with van der Waals surface area (Å²) in [6.45, 7) is 0. The van der Waals surface area contributed by atoms with Gasteiger partial charge in [-0.3, -0.25) is 9.89 Å². The van der Waals surface area contributed by atoms with Gasteiger partial charge < -0.3 is 10.1 Å². The summed E-state index contributed by atoms with van der Waals surface area (Å²) in [5.41, 5.74) is 0.286. The molecule has 0 aliphatic rings. The van der Waals surface area contributed by atoms with E-state index in [1.807, 2.05) is 18.2 Å². The van der Waals surface area contributed by atoms with Gasteiger partial charge in [-0.05, 0) is 24.4 Å². The molecule has 0 saturated heterocycles. The monoisotopic (exact) mass is 263 g/mol. The molecule has 7 nitrogen and oxygen atoms in total. The summed E-state index contributed by atoms with van der Waals surface area (Å²) in [7, 11) is 0. The minimum atomic E-state index is -0.450. The van der Waals surface area contributed by atoms with Crippen molar-refractivity contribution in [1.29, 1.82) is 0 Å². The van der Waals surface area contributed by atoms with E-state index in [1.165, 1.54) is 6.07 Å². The topological polar surface area (TPSA) is 110 Å². The van der Waals surface area contributed by atoms with Crippen LogP contribution in [-0.2, 0) is 0 Å². The number of H-pyrrole nitrogens is 3. The number of hydrogen-bond donors (Lipinski definition) is 4. The van der Waals surface area contributed by atoms with Crippen LogP contribution in [0.25, 0.3) is 10.9 Å². The highest BCUT2D eigenvalue weighted by atomic mass is 32.1. The highest BCUT2D eigenvalue weighted by Crippen LogP contribution is 2.12. The predicted octanol–water partition coefficient (Wildman–Crippen LogP) is 1.10. The molecule has 0 atom stereocenters. The third-order valence-corrected chi connectivity index (χ3v) is 2.27. The fraction of sp³-hybridized carbons (Fsp3) is 0. The Hall–Kier alpha value is -2.48. The second-order valence-electron chi connectivity index (χ2n) is 3.31. The third kappa shape index (κ3) is 2.80. The lowest BCUT2D eigenvalue weighted by atomic mass is 10.2. The zero-order valence-electron chi connectivity index (χ0n) is 9.04. The van der Waals surface area contributed by atoms with Gasteiger partial charge in [0.2, 0.25) is 4.77 Å². The number of aromatic nitrogens is 5. The van der Waals surface area contributed by atoms with Gasteiger partial charge in [0.25, 0.3) is 5.56 Å². The molecule has 0 spiro atoms. The van der Waals surface area contributed by atoms with Crippen LogP contribution in [0.1, 0.15) is 0 Å². The maximum absolute atomic E-state index is 10.9. The molecule has 92 valence electrons. The van der Waals surface area contributed by atoms with Crippen LogP contribution < -0.4 is 5.56 Å². The normalized spacial score (nSPS) is 9.78. The Kier molecular flexibility index (Phi) is 3.49. The van der Waals surface area contributed by atoms with E-state index in [0.29, 0.717) is 4.77 Å². The standard InChI is InChI=1S/C9H7NO2.CH2N4S/c11-8-5-6-3-1-2-4-7(6)10-9(8)12;6-1-2-4-5-3-1/h1-5,11H,(H,10,12);(H2,2,3,4,5,6). The van der Waals surface area contributed by atoms with Crippen molar-refractivity contribution in [3.8, 4) is 5.75 Å². The van der Waals surface area contributed by atoms with Gasteiger partial charge in [0.05, 0.1) is 0 Å². The van der Waals surface area contributed by atoms with Crippen LogP contribution in [-0.4, -0.2) is 30.7 Å². The zero-order chi connectivity index (χ0) is 13.0. The number of aromatic hydroxyl groups is 1. The molecular weight excluding hydrogens is 254 g/mol. The van der Waals surface area contributed by atoms with Gasteiger partial charge in [0.1, 0.15) is 0 Å². The summed E-state index contributed by atoms with van der Waals surface area (Å²) in [6, 6.07) is 8.74. The third-order valence-electron chi connectivity index (χ3n) is 2.09. The molecule has 0 radical (unpaired) electrons. The van der Waals surface area contributed by atoms with Crippen molar-refractivity contribution in [2.75, 3.05) is 0 Å². The molecule has 0 aliphatic heterocycles. The molecule has 0 saturated carbocycles. The van der Waals surface area contributed by atoms with Gasteiger partial charge >= 0.3 is 0 Å². The Balaban J connectivity index is 0.000000169. The van der Waals surface area contributed by atoms with Gasteiger partial charge in [-0.2, -0.15) is 5.21 Å². The molecule has 0 bridgehead atoms. The Labute approximate surface area is 105 Å². The summed E-state index contributed by atoms with van der Waals surface area (Å²) in [4.78, 5) is 13.5. The van der Waals surface area contributed by atoms with Crippen LogP contribution in [0.2, 0.25) is 0 Å². The number of aromatic amines is 3. The van der Waals surface area contributed by atoms with Crippen molar-refractivity contribution in [2.24, 2.45) is 0 Å². The van der Waals surface area contributed by atoms with Gasteiger partial charge in [-0.25, -0.2) is 0 Å². The van der Waals surface area contributed by atoms with E-state index in [-0.39, 0.29) is 5.75 Å². The molecule has 4 N–H and O–H groups in total. The Morgan fingerprint density at radius 3 is 2.67 bits per heavy atom. The van der Waals surface area contributed by atoms with Gasteiger partial charge in [0.15, 0.2) is 5.75 Å². The smallest absolute Gasteiger partial charge is 0.290 e. The molecule has 0 unspecified atom stereocenters. The largest absolute Gasteiger partial charge is 0.503 e. The lowest BCUT2D eigenvalue weighted by Crippen LogP contribution is -2.03. The SMILES string of the molecule is O=c1[nH]c2ccccc2cc1O.S=c1nn[nH][nH]1. The van der Waals surface area contributed by atoms with E-state index in [9.17, 15) is 4.79 Å². The minimum absolute atomic E-state index is 0.242. The zero-order valence-corrected chi connectivity index (χ0v) is 9.86. The van der Waals surface area contributed by atoms with Crippen molar-refractivity contribution in [3.05, 3.63) is 45.5 Å². The first kappa shape index (κ1) is 12.0. The molecule has 3 aromatic rings. The van der Waals surface area contributed by atoms with Crippen molar-refractivity contribution >= 4 is 23.1 Å². The number of fused-ring (bicyclic) bond motifs is 1. The van der Waals surface area contributed by atoms with Gasteiger partial charge in [0, 0.05) is 10.9 Å². The molecule has 18 heavy (non-hydrogen) atoms. The van der Waals surface area contributed by atoms with Crippen molar-refractivity contribution < 1.29 is 5.11 Å². The Bertz CT molecular complexity index is 744. The van der Waals surface area contributed by atoms with E-state index in [4.69, 9.17) is 5.11 Å². The average Bonchev–Trinajstić information content (AvgIpc) is 2.83. The number of benzene rings is 1. The minimum Gasteiger partial charge on any atom is -0.503 e. The van der Waals surface area contributed by atoms with Crippen LogP contribution >= 0.6 is 12.2 Å². The first-order valence-electron chi connectivity index (χ1n) is 4.93.